The van der Waals surface area contributed by atoms with Crippen LogP contribution in [0.5, 0.6) is 5.75 Å². The highest BCUT2D eigenvalue weighted by Gasteiger charge is 2.28. The Morgan fingerprint density at radius 1 is 0.839 bits per heavy atom. The molecule has 0 saturated heterocycles. The normalized spacial score (nSPS) is 11.3. The minimum absolute atomic E-state index is 0.0568. The minimum atomic E-state index is -3.91. The Balaban J connectivity index is 1.81. The van der Waals surface area contributed by atoms with Crippen molar-refractivity contribution in [1.29, 1.82) is 0 Å². The van der Waals surface area contributed by atoms with Gasteiger partial charge in [0.15, 0.2) is 0 Å². The van der Waals surface area contributed by atoms with Gasteiger partial charge in [-0.05, 0) is 62.4 Å². The maximum Gasteiger partial charge on any atom is 0.238 e. The molecule has 0 fully saturated rings. The predicted molar refractivity (Wildman–Crippen MR) is 120 cm³/mol. The molecule has 0 atom stereocenters. The van der Waals surface area contributed by atoms with Gasteiger partial charge in [-0.1, -0.05) is 35.4 Å². The van der Waals surface area contributed by atoms with Gasteiger partial charge in [-0.15, -0.1) is 0 Å². The molecule has 4 rings (SSSR count). The van der Waals surface area contributed by atoms with Crippen LogP contribution in [0.1, 0.15) is 11.1 Å². The standard InChI is InChI=1S/C24H22N2O4S/c1-16-4-8-18(9-5-16)22-26-24(31(27,28)21-14-6-17(2)7-15-21)23(30-22)25-19-10-12-20(29-3)13-11-19/h4-15,25H,1-3H3. The van der Waals surface area contributed by atoms with Crippen LogP contribution in [0.3, 0.4) is 0 Å². The molecular formula is C24H22N2O4S. The number of aryl methyl sites for hydroxylation is 2. The first kappa shape index (κ1) is 20.7. The van der Waals surface area contributed by atoms with Crippen molar-refractivity contribution in [3.8, 4) is 17.2 Å². The summed E-state index contributed by atoms with van der Waals surface area (Å²) in [5.41, 5.74) is 3.39. The molecule has 3 aromatic carbocycles. The van der Waals surface area contributed by atoms with E-state index in [-0.39, 0.29) is 21.7 Å². The largest absolute Gasteiger partial charge is 0.497 e. The molecule has 1 heterocycles. The summed E-state index contributed by atoms with van der Waals surface area (Å²) < 4.78 is 37.8. The van der Waals surface area contributed by atoms with Gasteiger partial charge in [0.25, 0.3) is 0 Å². The molecule has 31 heavy (non-hydrogen) atoms. The number of methoxy groups -OCH3 is 1. The molecule has 0 spiro atoms. The topological polar surface area (TPSA) is 81.4 Å². The molecule has 0 aliphatic rings. The van der Waals surface area contributed by atoms with E-state index >= 15 is 0 Å². The number of nitrogens with one attached hydrogen (secondary N) is 1. The zero-order chi connectivity index (χ0) is 22.0. The van der Waals surface area contributed by atoms with E-state index in [0.29, 0.717) is 17.0 Å². The summed E-state index contributed by atoms with van der Waals surface area (Å²) in [5, 5.41) is 2.88. The van der Waals surface area contributed by atoms with Crippen LogP contribution in [0.25, 0.3) is 11.5 Å². The van der Waals surface area contributed by atoms with Crippen LogP contribution in [0, 0.1) is 13.8 Å². The van der Waals surface area contributed by atoms with Crippen LogP contribution >= 0.6 is 0 Å². The van der Waals surface area contributed by atoms with Crippen molar-refractivity contribution in [2.45, 2.75) is 23.8 Å². The summed E-state index contributed by atoms with van der Waals surface area (Å²) in [6.45, 7) is 3.88. The van der Waals surface area contributed by atoms with Gasteiger partial charge in [-0.3, -0.25) is 0 Å². The number of ether oxygens (including phenoxy) is 1. The van der Waals surface area contributed by atoms with Crippen molar-refractivity contribution in [2.24, 2.45) is 0 Å². The highest BCUT2D eigenvalue weighted by atomic mass is 32.2. The maximum atomic E-state index is 13.4. The molecule has 0 bridgehead atoms. The van der Waals surface area contributed by atoms with Crippen molar-refractivity contribution in [1.82, 2.24) is 4.98 Å². The number of oxazole rings is 1. The molecular weight excluding hydrogens is 412 g/mol. The van der Waals surface area contributed by atoms with Gasteiger partial charge in [-0.25, -0.2) is 8.42 Å². The molecule has 0 aliphatic heterocycles. The van der Waals surface area contributed by atoms with Crippen LogP contribution in [0.15, 0.2) is 87.1 Å². The van der Waals surface area contributed by atoms with Crippen molar-refractivity contribution >= 4 is 21.4 Å². The lowest BCUT2D eigenvalue weighted by Crippen LogP contribution is -2.05. The van der Waals surface area contributed by atoms with Crippen LogP contribution in [-0.4, -0.2) is 20.5 Å². The molecule has 4 aromatic rings. The van der Waals surface area contributed by atoms with Gasteiger partial charge < -0.3 is 14.5 Å². The van der Waals surface area contributed by atoms with Crippen LogP contribution < -0.4 is 10.1 Å². The number of nitrogens with zero attached hydrogens (tertiary/aromatic N) is 1. The molecule has 0 unspecified atom stereocenters. The summed E-state index contributed by atoms with van der Waals surface area (Å²) in [6.07, 6.45) is 0. The fourth-order valence-corrected chi connectivity index (χ4v) is 4.28. The Hall–Kier alpha value is -3.58. The first-order chi connectivity index (χ1) is 14.9. The number of hydrogen-bond acceptors (Lipinski definition) is 6. The Morgan fingerprint density at radius 3 is 2.00 bits per heavy atom. The summed E-state index contributed by atoms with van der Waals surface area (Å²) >= 11 is 0. The molecule has 7 heteroatoms. The average molecular weight is 435 g/mol. The van der Waals surface area contributed by atoms with E-state index in [1.54, 1.807) is 55.6 Å². The third kappa shape index (κ3) is 4.32. The van der Waals surface area contributed by atoms with Gasteiger partial charge >= 0.3 is 0 Å². The maximum absolute atomic E-state index is 13.4. The van der Waals surface area contributed by atoms with Gasteiger partial charge in [0, 0.05) is 11.3 Å². The molecule has 0 saturated carbocycles. The minimum Gasteiger partial charge on any atom is -0.497 e. The van der Waals surface area contributed by atoms with E-state index in [0.717, 1.165) is 11.1 Å². The number of aromatic nitrogens is 1. The van der Waals surface area contributed by atoms with E-state index in [9.17, 15) is 8.42 Å². The lowest BCUT2D eigenvalue weighted by atomic mass is 10.1. The Kier molecular flexibility index (Phi) is 5.52. The average Bonchev–Trinajstić information content (AvgIpc) is 3.20. The van der Waals surface area contributed by atoms with Gasteiger partial charge in [-0.2, -0.15) is 4.98 Å². The van der Waals surface area contributed by atoms with Gasteiger partial charge in [0.2, 0.25) is 26.6 Å². The summed E-state index contributed by atoms with van der Waals surface area (Å²) in [5.74, 6) is 0.971. The number of anilines is 2. The van der Waals surface area contributed by atoms with Crippen molar-refractivity contribution in [3.05, 3.63) is 83.9 Å². The fraction of sp³-hybridized carbons (Fsp3) is 0.125. The van der Waals surface area contributed by atoms with Crippen molar-refractivity contribution in [3.63, 3.8) is 0 Å². The monoisotopic (exact) mass is 434 g/mol. The first-order valence-corrected chi connectivity index (χ1v) is 11.2. The van der Waals surface area contributed by atoms with E-state index in [2.05, 4.69) is 10.3 Å². The third-order valence-electron chi connectivity index (χ3n) is 4.83. The summed E-state index contributed by atoms with van der Waals surface area (Å²) in [4.78, 5) is 4.52. The highest BCUT2D eigenvalue weighted by Crippen LogP contribution is 2.34. The fourth-order valence-electron chi connectivity index (χ4n) is 3.02. The molecule has 1 N–H and O–H groups in total. The van der Waals surface area contributed by atoms with E-state index in [4.69, 9.17) is 9.15 Å². The van der Waals surface area contributed by atoms with E-state index in [1.807, 2.05) is 38.1 Å². The zero-order valence-electron chi connectivity index (χ0n) is 17.4. The number of hydrogen-bond donors (Lipinski definition) is 1. The summed E-state index contributed by atoms with van der Waals surface area (Å²) in [7, 11) is -2.32. The predicted octanol–water partition coefficient (Wildman–Crippen LogP) is 5.54. The van der Waals surface area contributed by atoms with Gasteiger partial charge in [0.1, 0.15) is 5.75 Å². The third-order valence-corrected chi connectivity index (χ3v) is 6.51. The van der Waals surface area contributed by atoms with Crippen LogP contribution in [0.4, 0.5) is 11.6 Å². The van der Waals surface area contributed by atoms with E-state index < -0.39 is 9.84 Å². The molecule has 1 aromatic heterocycles. The number of sulfone groups is 1. The smallest absolute Gasteiger partial charge is 0.238 e. The Bertz CT molecular complexity index is 1290. The second-order valence-corrected chi connectivity index (χ2v) is 9.05. The Morgan fingerprint density at radius 2 is 1.42 bits per heavy atom. The number of rotatable bonds is 6. The second kappa shape index (κ2) is 8.28. The molecule has 0 amide bonds. The number of benzene rings is 3. The zero-order valence-corrected chi connectivity index (χ0v) is 18.2. The lowest BCUT2D eigenvalue weighted by molar-refractivity contribution is 0.415. The SMILES string of the molecule is COc1ccc(Nc2oc(-c3ccc(C)cc3)nc2S(=O)(=O)c2ccc(C)cc2)cc1. The van der Waals surface area contributed by atoms with Gasteiger partial charge in [0.05, 0.1) is 12.0 Å². The molecule has 0 radical (unpaired) electrons. The molecule has 6 nitrogen and oxygen atoms in total. The van der Waals surface area contributed by atoms with Crippen LogP contribution in [0.2, 0.25) is 0 Å². The lowest BCUT2D eigenvalue weighted by Gasteiger charge is -2.07. The van der Waals surface area contributed by atoms with Crippen molar-refractivity contribution in [2.75, 3.05) is 12.4 Å². The van der Waals surface area contributed by atoms with E-state index in [1.165, 1.54) is 0 Å². The first-order valence-electron chi connectivity index (χ1n) is 9.67. The van der Waals surface area contributed by atoms with Crippen LogP contribution in [-0.2, 0) is 9.84 Å². The Labute approximate surface area is 181 Å². The highest BCUT2D eigenvalue weighted by molar-refractivity contribution is 7.91. The van der Waals surface area contributed by atoms with Crippen molar-refractivity contribution < 1.29 is 17.6 Å². The molecule has 0 aliphatic carbocycles. The quantitative estimate of drug-likeness (QED) is 0.429. The second-order valence-electron chi connectivity index (χ2n) is 7.19. The molecule has 158 valence electrons. The summed E-state index contributed by atoms with van der Waals surface area (Å²) in [6, 6.07) is 21.3.